The van der Waals surface area contributed by atoms with Crippen LogP contribution in [0.15, 0.2) is 36.4 Å². The monoisotopic (exact) mass is 256 g/mol. The van der Waals surface area contributed by atoms with Gasteiger partial charge in [-0.05, 0) is 35.7 Å². The summed E-state index contributed by atoms with van der Waals surface area (Å²) in [5.41, 5.74) is 8.80. The molecular weight excluding hydrogens is 236 g/mol. The van der Waals surface area contributed by atoms with Crippen molar-refractivity contribution in [3.63, 3.8) is 0 Å². The molecule has 0 atom stereocenters. The molecule has 0 unspecified atom stereocenters. The molecule has 1 aromatic heterocycles. The van der Waals surface area contributed by atoms with E-state index in [2.05, 4.69) is 24.0 Å². The molecule has 0 bridgehead atoms. The minimum absolute atomic E-state index is 0.399. The van der Waals surface area contributed by atoms with Crippen LogP contribution in [0, 0.1) is 0 Å². The molecular formula is C15H20N4. The lowest BCUT2D eigenvalue weighted by Gasteiger charge is -2.18. The first-order valence-corrected chi connectivity index (χ1v) is 6.48. The second kappa shape index (κ2) is 5.80. The lowest BCUT2D eigenvalue weighted by molar-refractivity contribution is 0.783. The number of hydrogen-bond acceptors (Lipinski definition) is 4. The Hall–Kier alpha value is -1.94. The summed E-state index contributed by atoms with van der Waals surface area (Å²) in [7, 11) is 1.98. The van der Waals surface area contributed by atoms with Crippen LogP contribution in [0.2, 0.25) is 0 Å². The predicted molar refractivity (Wildman–Crippen MR) is 78.5 cm³/mol. The molecule has 0 aliphatic heterocycles. The summed E-state index contributed by atoms with van der Waals surface area (Å²) >= 11 is 0. The fourth-order valence-corrected chi connectivity index (χ4v) is 1.81. The minimum atomic E-state index is 0.399. The van der Waals surface area contributed by atoms with Crippen LogP contribution in [0.1, 0.15) is 31.0 Å². The van der Waals surface area contributed by atoms with Gasteiger partial charge in [0.2, 0.25) is 0 Å². The van der Waals surface area contributed by atoms with E-state index in [9.17, 15) is 0 Å². The molecule has 0 amide bonds. The molecule has 0 aliphatic carbocycles. The van der Waals surface area contributed by atoms with Crippen molar-refractivity contribution in [1.29, 1.82) is 0 Å². The van der Waals surface area contributed by atoms with Crippen LogP contribution in [0.5, 0.6) is 0 Å². The van der Waals surface area contributed by atoms with Crippen LogP contribution in [0.4, 0.5) is 11.5 Å². The summed E-state index contributed by atoms with van der Waals surface area (Å²) in [5.74, 6) is 1.24. The van der Waals surface area contributed by atoms with Crippen LogP contribution in [0.25, 0.3) is 0 Å². The molecule has 100 valence electrons. The number of hydrogen-bond donors (Lipinski definition) is 1. The quantitative estimate of drug-likeness (QED) is 0.914. The van der Waals surface area contributed by atoms with Crippen molar-refractivity contribution >= 4 is 11.5 Å². The highest BCUT2D eigenvalue weighted by molar-refractivity contribution is 5.58. The lowest BCUT2D eigenvalue weighted by Crippen LogP contribution is -2.12. The Bertz CT molecular complexity index is 517. The average Bonchev–Trinajstić information content (AvgIpc) is 2.46. The summed E-state index contributed by atoms with van der Waals surface area (Å²) in [4.78, 5) is 2.01. The maximum atomic E-state index is 5.60. The molecule has 1 aromatic carbocycles. The lowest BCUT2D eigenvalue weighted by atomic mass is 10.1. The van der Waals surface area contributed by atoms with E-state index >= 15 is 0 Å². The van der Waals surface area contributed by atoms with Crippen molar-refractivity contribution in [3.05, 3.63) is 47.7 Å². The zero-order valence-electron chi connectivity index (χ0n) is 11.7. The Morgan fingerprint density at radius 1 is 1.05 bits per heavy atom. The molecule has 2 N–H and O–H groups in total. The maximum absolute atomic E-state index is 5.60. The van der Waals surface area contributed by atoms with Gasteiger partial charge in [0.05, 0.1) is 5.69 Å². The van der Waals surface area contributed by atoms with Gasteiger partial charge in [-0.15, -0.1) is 5.10 Å². The van der Waals surface area contributed by atoms with Crippen LogP contribution < -0.4 is 10.6 Å². The summed E-state index contributed by atoms with van der Waals surface area (Å²) in [6.07, 6.45) is 0. The van der Waals surface area contributed by atoms with E-state index in [4.69, 9.17) is 5.73 Å². The Kier molecular flexibility index (Phi) is 4.12. The number of benzene rings is 1. The van der Waals surface area contributed by atoms with E-state index in [1.807, 2.05) is 48.3 Å². The Balaban J connectivity index is 2.20. The molecule has 0 fully saturated rings. The van der Waals surface area contributed by atoms with Gasteiger partial charge in [-0.2, -0.15) is 5.10 Å². The van der Waals surface area contributed by atoms with Gasteiger partial charge in [0.25, 0.3) is 0 Å². The van der Waals surface area contributed by atoms with Gasteiger partial charge in [0, 0.05) is 19.3 Å². The second-order valence-corrected chi connectivity index (χ2v) is 4.90. The molecule has 2 rings (SSSR count). The van der Waals surface area contributed by atoms with Crippen LogP contribution in [-0.4, -0.2) is 17.2 Å². The zero-order chi connectivity index (χ0) is 13.8. The second-order valence-electron chi connectivity index (χ2n) is 4.90. The Labute approximate surface area is 114 Å². The normalized spacial score (nSPS) is 10.8. The number of nitrogens with two attached hydrogens (primary N) is 1. The van der Waals surface area contributed by atoms with Gasteiger partial charge < -0.3 is 10.6 Å². The highest BCUT2D eigenvalue weighted by Crippen LogP contribution is 2.22. The first-order chi connectivity index (χ1) is 9.11. The third kappa shape index (κ3) is 3.09. The third-order valence-electron chi connectivity index (χ3n) is 3.17. The molecule has 0 aliphatic rings. The fraction of sp³-hybridized carbons (Fsp3) is 0.333. The maximum Gasteiger partial charge on any atom is 0.155 e. The molecule has 4 nitrogen and oxygen atoms in total. The molecule has 0 saturated carbocycles. The summed E-state index contributed by atoms with van der Waals surface area (Å²) in [6.45, 7) is 4.78. The van der Waals surface area contributed by atoms with Gasteiger partial charge in [-0.25, -0.2) is 0 Å². The van der Waals surface area contributed by atoms with Crippen LogP contribution in [0.3, 0.4) is 0 Å². The molecule has 0 saturated heterocycles. The van der Waals surface area contributed by atoms with E-state index < -0.39 is 0 Å². The number of anilines is 2. The van der Waals surface area contributed by atoms with Gasteiger partial charge in [0.15, 0.2) is 5.82 Å². The van der Waals surface area contributed by atoms with Crippen molar-refractivity contribution in [2.24, 2.45) is 5.73 Å². The topological polar surface area (TPSA) is 55.0 Å². The molecule has 4 heteroatoms. The molecule has 1 heterocycles. The van der Waals surface area contributed by atoms with Crippen LogP contribution >= 0.6 is 0 Å². The minimum Gasteiger partial charge on any atom is -0.328 e. The van der Waals surface area contributed by atoms with Crippen molar-refractivity contribution in [2.45, 2.75) is 26.3 Å². The van der Waals surface area contributed by atoms with E-state index in [0.29, 0.717) is 12.5 Å². The van der Waals surface area contributed by atoms with Crippen molar-refractivity contribution in [3.8, 4) is 0 Å². The Morgan fingerprint density at radius 3 is 2.21 bits per heavy atom. The van der Waals surface area contributed by atoms with E-state index in [1.165, 1.54) is 0 Å². The summed E-state index contributed by atoms with van der Waals surface area (Å²) in [5, 5.41) is 8.52. The standard InChI is InChI=1S/C15H20N4/c1-11(2)14-8-9-15(18-17-14)19(3)13-6-4-12(10-16)5-7-13/h4-9,11H,10,16H2,1-3H3. The number of nitrogens with zero attached hydrogens (tertiary/aromatic N) is 3. The van der Waals surface area contributed by atoms with E-state index in [-0.39, 0.29) is 0 Å². The highest BCUT2D eigenvalue weighted by atomic mass is 15.2. The largest absolute Gasteiger partial charge is 0.328 e. The fourth-order valence-electron chi connectivity index (χ4n) is 1.81. The highest BCUT2D eigenvalue weighted by Gasteiger charge is 2.07. The first kappa shape index (κ1) is 13.5. The third-order valence-corrected chi connectivity index (χ3v) is 3.17. The predicted octanol–water partition coefficient (Wildman–Crippen LogP) is 2.83. The number of rotatable bonds is 4. The van der Waals surface area contributed by atoms with Crippen molar-refractivity contribution in [1.82, 2.24) is 10.2 Å². The molecule has 2 aromatic rings. The van der Waals surface area contributed by atoms with Gasteiger partial charge in [-0.3, -0.25) is 0 Å². The first-order valence-electron chi connectivity index (χ1n) is 6.48. The molecule has 0 radical (unpaired) electrons. The van der Waals surface area contributed by atoms with Gasteiger partial charge in [-0.1, -0.05) is 26.0 Å². The Morgan fingerprint density at radius 2 is 1.74 bits per heavy atom. The molecule has 0 spiro atoms. The van der Waals surface area contributed by atoms with Crippen molar-refractivity contribution in [2.75, 3.05) is 11.9 Å². The molecule has 19 heavy (non-hydrogen) atoms. The van der Waals surface area contributed by atoms with Gasteiger partial charge in [0.1, 0.15) is 0 Å². The smallest absolute Gasteiger partial charge is 0.155 e. The average molecular weight is 256 g/mol. The number of aromatic nitrogens is 2. The summed E-state index contributed by atoms with van der Waals surface area (Å²) < 4.78 is 0. The van der Waals surface area contributed by atoms with E-state index in [0.717, 1.165) is 22.8 Å². The van der Waals surface area contributed by atoms with E-state index in [1.54, 1.807) is 0 Å². The summed E-state index contributed by atoms with van der Waals surface area (Å²) in [6, 6.07) is 12.2. The SMILES string of the molecule is CC(C)c1ccc(N(C)c2ccc(CN)cc2)nn1. The zero-order valence-corrected chi connectivity index (χ0v) is 11.7. The van der Waals surface area contributed by atoms with Crippen molar-refractivity contribution < 1.29 is 0 Å². The van der Waals surface area contributed by atoms with Gasteiger partial charge >= 0.3 is 0 Å². The van der Waals surface area contributed by atoms with Crippen LogP contribution in [-0.2, 0) is 6.54 Å².